The van der Waals surface area contributed by atoms with E-state index >= 15 is 0 Å². The average molecular weight is 304 g/mol. The van der Waals surface area contributed by atoms with Crippen LogP contribution in [0.25, 0.3) is 0 Å². The Morgan fingerprint density at radius 2 is 1.95 bits per heavy atom. The second kappa shape index (κ2) is 7.63. The van der Waals surface area contributed by atoms with Crippen molar-refractivity contribution < 1.29 is 9.53 Å². The summed E-state index contributed by atoms with van der Waals surface area (Å²) in [6.07, 6.45) is 3.12. The van der Waals surface area contributed by atoms with Gasteiger partial charge >= 0.3 is 0 Å². The van der Waals surface area contributed by atoms with Gasteiger partial charge in [-0.2, -0.15) is 0 Å². The molecule has 0 aromatic heterocycles. The van der Waals surface area contributed by atoms with Crippen molar-refractivity contribution in [2.45, 2.75) is 39.2 Å². The van der Waals surface area contributed by atoms with Crippen LogP contribution in [0.1, 0.15) is 32.3 Å². The van der Waals surface area contributed by atoms with Crippen LogP contribution in [0.4, 0.5) is 0 Å². The van der Waals surface area contributed by atoms with E-state index in [-0.39, 0.29) is 17.9 Å². The maximum atomic E-state index is 12.3. The SMILES string of the molecule is COc1ccccc1CC1CCN(C(=O)C(C)C(C)N)CC1. The number of carbonyl (C=O) groups excluding carboxylic acids is 1. The van der Waals surface area contributed by atoms with Gasteiger partial charge in [0, 0.05) is 19.1 Å². The first kappa shape index (κ1) is 16.8. The number of likely N-dealkylation sites (tertiary alicyclic amines) is 1. The molecule has 2 unspecified atom stereocenters. The molecule has 0 spiro atoms. The molecule has 1 amide bonds. The van der Waals surface area contributed by atoms with E-state index in [9.17, 15) is 4.79 Å². The van der Waals surface area contributed by atoms with Crippen molar-refractivity contribution in [2.75, 3.05) is 20.2 Å². The lowest BCUT2D eigenvalue weighted by atomic mass is 9.89. The van der Waals surface area contributed by atoms with Crippen LogP contribution in [0.3, 0.4) is 0 Å². The van der Waals surface area contributed by atoms with Crippen molar-refractivity contribution in [1.82, 2.24) is 4.90 Å². The molecule has 1 aliphatic rings. The first-order valence-corrected chi connectivity index (χ1v) is 8.19. The van der Waals surface area contributed by atoms with Gasteiger partial charge in [0.05, 0.1) is 13.0 Å². The molecule has 1 saturated heterocycles. The van der Waals surface area contributed by atoms with Gasteiger partial charge in [0.2, 0.25) is 5.91 Å². The number of amides is 1. The Bertz CT molecular complexity index is 494. The zero-order valence-electron chi connectivity index (χ0n) is 13.9. The summed E-state index contributed by atoms with van der Waals surface area (Å²) in [6, 6.07) is 8.12. The molecular formula is C18H28N2O2. The van der Waals surface area contributed by atoms with Crippen molar-refractivity contribution in [1.29, 1.82) is 0 Å². The number of carbonyl (C=O) groups is 1. The highest BCUT2D eigenvalue weighted by Crippen LogP contribution is 2.27. The molecule has 2 N–H and O–H groups in total. The van der Waals surface area contributed by atoms with E-state index in [1.54, 1.807) is 7.11 Å². The van der Waals surface area contributed by atoms with Gasteiger partial charge in [-0.15, -0.1) is 0 Å². The third-order valence-corrected chi connectivity index (χ3v) is 4.81. The third-order valence-electron chi connectivity index (χ3n) is 4.81. The number of nitrogens with zero attached hydrogens (tertiary/aromatic N) is 1. The van der Waals surface area contributed by atoms with Gasteiger partial charge in [-0.25, -0.2) is 0 Å². The molecule has 4 nitrogen and oxygen atoms in total. The summed E-state index contributed by atoms with van der Waals surface area (Å²) in [5.41, 5.74) is 7.11. The standard InChI is InChI=1S/C18H28N2O2/c1-13(14(2)19)18(21)20-10-8-15(9-11-20)12-16-6-4-5-7-17(16)22-3/h4-7,13-15H,8-12,19H2,1-3H3. The molecule has 22 heavy (non-hydrogen) atoms. The van der Waals surface area contributed by atoms with Crippen molar-refractivity contribution in [3.8, 4) is 5.75 Å². The van der Waals surface area contributed by atoms with Crippen LogP contribution in [0.15, 0.2) is 24.3 Å². The molecule has 0 saturated carbocycles. The molecule has 1 aliphatic heterocycles. The fraction of sp³-hybridized carbons (Fsp3) is 0.611. The second-order valence-corrected chi connectivity index (χ2v) is 6.43. The van der Waals surface area contributed by atoms with Crippen LogP contribution in [-0.2, 0) is 11.2 Å². The quantitative estimate of drug-likeness (QED) is 0.909. The number of rotatable bonds is 5. The van der Waals surface area contributed by atoms with E-state index in [1.807, 2.05) is 30.9 Å². The fourth-order valence-electron chi connectivity index (χ4n) is 3.05. The van der Waals surface area contributed by atoms with Gasteiger partial charge in [-0.3, -0.25) is 4.79 Å². The zero-order valence-corrected chi connectivity index (χ0v) is 13.9. The van der Waals surface area contributed by atoms with E-state index in [0.29, 0.717) is 5.92 Å². The highest BCUT2D eigenvalue weighted by molar-refractivity contribution is 5.79. The average Bonchev–Trinajstić information content (AvgIpc) is 2.54. The summed E-state index contributed by atoms with van der Waals surface area (Å²) in [5, 5.41) is 0. The van der Waals surface area contributed by atoms with Gasteiger partial charge in [-0.05, 0) is 43.7 Å². The molecule has 1 aromatic rings. The number of hydrogen-bond donors (Lipinski definition) is 1. The van der Waals surface area contributed by atoms with E-state index in [2.05, 4.69) is 12.1 Å². The lowest BCUT2D eigenvalue weighted by Gasteiger charge is -2.34. The predicted octanol–water partition coefficient (Wildman–Crippen LogP) is 2.46. The Balaban J connectivity index is 1.88. The first-order chi connectivity index (χ1) is 10.5. The van der Waals surface area contributed by atoms with Gasteiger partial charge in [0.1, 0.15) is 5.75 Å². The van der Waals surface area contributed by atoms with Crippen molar-refractivity contribution in [2.24, 2.45) is 17.6 Å². The molecule has 0 aliphatic carbocycles. The van der Waals surface area contributed by atoms with Crippen LogP contribution in [0.5, 0.6) is 5.75 Å². The molecule has 122 valence electrons. The summed E-state index contributed by atoms with van der Waals surface area (Å²) < 4.78 is 5.43. The molecular weight excluding hydrogens is 276 g/mol. The van der Waals surface area contributed by atoms with Gasteiger partial charge in [0.25, 0.3) is 0 Å². The maximum Gasteiger partial charge on any atom is 0.226 e. The molecule has 4 heteroatoms. The molecule has 1 fully saturated rings. The van der Waals surface area contributed by atoms with Crippen LogP contribution in [0, 0.1) is 11.8 Å². The lowest BCUT2D eigenvalue weighted by molar-refractivity contribution is -0.136. The van der Waals surface area contributed by atoms with Crippen molar-refractivity contribution in [3.63, 3.8) is 0 Å². The highest BCUT2D eigenvalue weighted by atomic mass is 16.5. The Morgan fingerprint density at radius 3 is 2.55 bits per heavy atom. The van der Waals surface area contributed by atoms with Crippen molar-refractivity contribution >= 4 is 5.91 Å². The molecule has 2 atom stereocenters. The summed E-state index contributed by atoms with van der Waals surface area (Å²) in [5.74, 6) is 1.69. The number of nitrogens with two attached hydrogens (primary N) is 1. The Morgan fingerprint density at radius 1 is 1.32 bits per heavy atom. The molecule has 2 rings (SSSR count). The normalized spacial score (nSPS) is 18.8. The number of para-hydroxylation sites is 1. The Labute approximate surface area is 133 Å². The second-order valence-electron chi connectivity index (χ2n) is 6.43. The lowest BCUT2D eigenvalue weighted by Crippen LogP contribution is -2.45. The number of methoxy groups -OCH3 is 1. The van der Waals surface area contributed by atoms with Crippen LogP contribution >= 0.6 is 0 Å². The third kappa shape index (κ3) is 4.01. The topological polar surface area (TPSA) is 55.6 Å². The number of ether oxygens (including phenoxy) is 1. The number of piperidine rings is 1. The number of benzene rings is 1. The van der Waals surface area contributed by atoms with Crippen molar-refractivity contribution in [3.05, 3.63) is 29.8 Å². The zero-order chi connectivity index (χ0) is 16.1. The molecule has 0 radical (unpaired) electrons. The summed E-state index contributed by atoms with van der Waals surface area (Å²) in [4.78, 5) is 14.3. The molecule has 1 aromatic carbocycles. The minimum atomic E-state index is -0.0919. The summed E-state index contributed by atoms with van der Waals surface area (Å²) in [7, 11) is 1.72. The maximum absolute atomic E-state index is 12.3. The Hall–Kier alpha value is -1.55. The van der Waals surface area contributed by atoms with E-state index in [1.165, 1.54) is 5.56 Å². The van der Waals surface area contributed by atoms with Gasteiger partial charge < -0.3 is 15.4 Å². The highest BCUT2D eigenvalue weighted by Gasteiger charge is 2.27. The first-order valence-electron chi connectivity index (χ1n) is 8.19. The van der Waals surface area contributed by atoms with Crippen LogP contribution < -0.4 is 10.5 Å². The summed E-state index contributed by atoms with van der Waals surface area (Å²) in [6.45, 7) is 5.51. The van der Waals surface area contributed by atoms with E-state index in [0.717, 1.165) is 38.1 Å². The summed E-state index contributed by atoms with van der Waals surface area (Å²) >= 11 is 0. The van der Waals surface area contributed by atoms with Gasteiger partial charge in [0.15, 0.2) is 0 Å². The number of hydrogen-bond acceptors (Lipinski definition) is 3. The molecule has 1 heterocycles. The molecule has 0 bridgehead atoms. The fourth-order valence-corrected chi connectivity index (χ4v) is 3.05. The smallest absolute Gasteiger partial charge is 0.226 e. The van der Waals surface area contributed by atoms with Gasteiger partial charge in [-0.1, -0.05) is 25.1 Å². The largest absolute Gasteiger partial charge is 0.496 e. The van der Waals surface area contributed by atoms with Crippen LogP contribution in [-0.4, -0.2) is 37.0 Å². The predicted molar refractivity (Wildman–Crippen MR) is 88.8 cm³/mol. The van der Waals surface area contributed by atoms with E-state index in [4.69, 9.17) is 10.5 Å². The van der Waals surface area contributed by atoms with E-state index < -0.39 is 0 Å². The Kier molecular flexibility index (Phi) is 5.83. The minimum Gasteiger partial charge on any atom is -0.496 e. The minimum absolute atomic E-state index is 0.0844. The monoisotopic (exact) mass is 304 g/mol. The van der Waals surface area contributed by atoms with Crippen LogP contribution in [0.2, 0.25) is 0 Å².